The number of ether oxygens (including phenoxy) is 1. The molecule has 118 valence electrons. The predicted octanol–water partition coefficient (Wildman–Crippen LogP) is 1.94. The van der Waals surface area contributed by atoms with Gasteiger partial charge in [0.25, 0.3) is 0 Å². The largest absolute Gasteiger partial charge is 0.465 e. The number of esters is 1. The number of carbonyl (C=O) groups excluding carboxylic acids is 1. The van der Waals surface area contributed by atoms with Crippen molar-refractivity contribution in [2.45, 2.75) is 51.4 Å². The molecule has 20 heavy (non-hydrogen) atoms. The van der Waals surface area contributed by atoms with Gasteiger partial charge in [-0.25, -0.2) is 0 Å². The Labute approximate surface area is 117 Å². The summed E-state index contributed by atoms with van der Waals surface area (Å²) in [6.07, 6.45) is -2.38. The summed E-state index contributed by atoms with van der Waals surface area (Å²) in [5, 5.41) is 3.12. The van der Waals surface area contributed by atoms with Crippen LogP contribution >= 0.6 is 0 Å². The van der Waals surface area contributed by atoms with Crippen molar-refractivity contribution in [2.75, 3.05) is 26.2 Å². The summed E-state index contributed by atoms with van der Waals surface area (Å²) >= 11 is 0. The van der Waals surface area contributed by atoms with E-state index in [0.29, 0.717) is 0 Å². The van der Waals surface area contributed by atoms with Crippen LogP contribution in [0.25, 0.3) is 0 Å². The Morgan fingerprint density at radius 3 is 2.30 bits per heavy atom. The standard InChI is InChI=1S/C13H23F3N2O2/c1-4-18(9-13(14,15)16)8-12(3,11(19)20-5-2)17-10-6-7-10/h10,17H,4-9H2,1-3H3. The van der Waals surface area contributed by atoms with Gasteiger partial charge in [0.2, 0.25) is 0 Å². The first kappa shape index (κ1) is 17.2. The molecule has 1 saturated carbocycles. The molecule has 0 amide bonds. The van der Waals surface area contributed by atoms with Crippen LogP contribution in [0.5, 0.6) is 0 Å². The Morgan fingerprint density at radius 2 is 1.90 bits per heavy atom. The summed E-state index contributed by atoms with van der Waals surface area (Å²) in [4.78, 5) is 13.3. The number of hydrogen-bond acceptors (Lipinski definition) is 4. The first-order valence-corrected chi connectivity index (χ1v) is 6.94. The molecule has 1 fully saturated rings. The van der Waals surface area contributed by atoms with Crippen LogP contribution in [-0.2, 0) is 9.53 Å². The maximum Gasteiger partial charge on any atom is 0.401 e. The second-order valence-electron chi connectivity index (χ2n) is 5.39. The summed E-state index contributed by atoms with van der Waals surface area (Å²) in [5.41, 5.74) is -1.10. The van der Waals surface area contributed by atoms with E-state index in [4.69, 9.17) is 4.74 Å². The molecular weight excluding hydrogens is 273 g/mol. The zero-order valence-corrected chi connectivity index (χ0v) is 12.2. The third kappa shape index (κ3) is 5.66. The number of nitrogens with zero attached hydrogens (tertiary/aromatic N) is 1. The summed E-state index contributed by atoms with van der Waals surface area (Å²) in [6.45, 7) is 4.34. The molecule has 0 saturated heterocycles. The van der Waals surface area contributed by atoms with E-state index in [1.165, 1.54) is 4.90 Å². The van der Waals surface area contributed by atoms with Crippen molar-refractivity contribution in [3.8, 4) is 0 Å². The maximum atomic E-state index is 12.5. The second kappa shape index (κ2) is 6.76. The topological polar surface area (TPSA) is 41.6 Å². The molecule has 4 nitrogen and oxygen atoms in total. The molecular formula is C13H23F3N2O2. The van der Waals surface area contributed by atoms with E-state index in [1.807, 2.05) is 0 Å². The number of halogens is 3. The van der Waals surface area contributed by atoms with Crippen molar-refractivity contribution >= 4 is 5.97 Å². The Kier molecular flexibility index (Phi) is 5.82. The van der Waals surface area contributed by atoms with Crippen LogP contribution in [0.4, 0.5) is 13.2 Å². The van der Waals surface area contributed by atoms with Gasteiger partial charge in [-0.05, 0) is 33.2 Å². The Bertz CT molecular complexity index is 332. The van der Waals surface area contributed by atoms with Crippen LogP contribution in [0.1, 0.15) is 33.6 Å². The zero-order valence-electron chi connectivity index (χ0n) is 12.2. The number of rotatable bonds is 8. The molecule has 1 atom stereocenters. The lowest BCUT2D eigenvalue weighted by Crippen LogP contribution is -2.59. The normalized spacial score (nSPS) is 18.9. The molecule has 1 rings (SSSR count). The van der Waals surface area contributed by atoms with Gasteiger partial charge in [0.05, 0.1) is 13.2 Å². The summed E-state index contributed by atoms with van der Waals surface area (Å²) in [5.74, 6) is -0.493. The zero-order chi connectivity index (χ0) is 15.4. The fourth-order valence-corrected chi connectivity index (χ4v) is 2.12. The van der Waals surface area contributed by atoms with E-state index in [0.717, 1.165) is 12.8 Å². The van der Waals surface area contributed by atoms with Crippen molar-refractivity contribution in [3.63, 3.8) is 0 Å². The molecule has 0 aromatic carbocycles. The van der Waals surface area contributed by atoms with Gasteiger partial charge in [-0.3, -0.25) is 15.0 Å². The van der Waals surface area contributed by atoms with Crippen LogP contribution in [0, 0.1) is 0 Å². The van der Waals surface area contributed by atoms with Crippen LogP contribution < -0.4 is 5.32 Å². The van der Waals surface area contributed by atoms with Crippen molar-refractivity contribution in [1.29, 1.82) is 0 Å². The molecule has 0 heterocycles. The minimum atomic E-state index is -4.27. The molecule has 0 aromatic heterocycles. The Hall–Kier alpha value is -0.820. The van der Waals surface area contributed by atoms with Gasteiger partial charge in [0, 0.05) is 12.6 Å². The molecule has 1 aliphatic carbocycles. The minimum Gasteiger partial charge on any atom is -0.465 e. The smallest absolute Gasteiger partial charge is 0.401 e. The highest BCUT2D eigenvalue weighted by Crippen LogP contribution is 2.25. The third-order valence-electron chi connectivity index (χ3n) is 3.22. The van der Waals surface area contributed by atoms with E-state index >= 15 is 0 Å². The number of hydrogen-bond donors (Lipinski definition) is 1. The van der Waals surface area contributed by atoms with Crippen LogP contribution in [0.15, 0.2) is 0 Å². The van der Waals surface area contributed by atoms with Crippen molar-refractivity contribution in [1.82, 2.24) is 10.2 Å². The van der Waals surface area contributed by atoms with E-state index in [1.54, 1.807) is 20.8 Å². The highest BCUT2D eigenvalue weighted by atomic mass is 19.4. The van der Waals surface area contributed by atoms with Crippen molar-refractivity contribution in [3.05, 3.63) is 0 Å². The molecule has 0 bridgehead atoms. The fraction of sp³-hybridized carbons (Fsp3) is 0.923. The molecule has 1 unspecified atom stereocenters. The monoisotopic (exact) mass is 296 g/mol. The van der Waals surface area contributed by atoms with Crippen LogP contribution in [-0.4, -0.2) is 54.9 Å². The quantitative estimate of drug-likeness (QED) is 0.695. The number of carbonyl (C=O) groups is 1. The number of alkyl halides is 3. The first-order valence-electron chi connectivity index (χ1n) is 6.94. The first-order chi connectivity index (χ1) is 9.20. The lowest BCUT2D eigenvalue weighted by atomic mass is 10.0. The summed E-state index contributed by atoms with van der Waals surface area (Å²) in [6, 6.07) is 0.203. The summed E-state index contributed by atoms with van der Waals surface area (Å²) < 4.78 is 42.5. The van der Waals surface area contributed by atoms with E-state index in [-0.39, 0.29) is 25.7 Å². The average Bonchev–Trinajstić information content (AvgIpc) is 3.10. The van der Waals surface area contributed by atoms with Crippen molar-refractivity contribution in [2.24, 2.45) is 0 Å². The molecule has 1 N–H and O–H groups in total. The van der Waals surface area contributed by atoms with Gasteiger partial charge in [0.15, 0.2) is 0 Å². The van der Waals surface area contributed by atoms with E-state index in [9.17, 15) is 18.0 Å². The maximum absolute atomic E-state index is 12.5. The van der Waals surface area contributed by atoms with E-state index in [2.05, 4.69) is 5.32 Å². The average molecular weight is 296 g/mol. The van der Waals surface area contributed by atoms with Gasteiger partial charge < -0.3 is 4.74 Å². The number of nitrogens with one attached hydrogen (secondary N) is 1. The molecule has 0 aliphatic heterocycles. The van der Waals surface area contributed by atoms with Crippen LogP contribution in [0.2, 0.25) is 0 Å². The Morgan fingerprint density at radius 1 is 1.30 bits per heavy atom. The third-order valence-corrected chi connectivity index (χ3v) is 3.22. The molecule has 0 radical (unpaired) electrons. The number of likely N-dealkylation sites (N-methyl/N-ethyl adjacent to an activating group) is 1. The predicted molar refractivity (Wildman–Crippen MR) is 69.4 cm³/mol. The van der Waals surface area contributed by atoms with Gasteiger partial charge in [-0.15, -0.1) is 0 Å². The fourth-order valence-electron chi connectivity index (χ4n) is 2.12. The summed E-state index contributed by atoms with van der Waals surface area (Å²) in [7, 11) is 0. The van der Waals surface area contributed by atoms with Gasteiger partial charge in [-0.1, -0.05) is 6.92 Å². The highest BCUT2D eigenvalue weighted by molar-refractivity contribution is 5.80. The highest BCUT2D eigenvalue weighted by Gasteiger charge is 2.42. The SMILES string of the molecule is CCOC(=O)C(C)(CN(CC)CC(F)(F)F)NC1CC1. The molecule has 0 spiro atoms. The molecule has 7 heteroatoms. The second-order valence-corrected chi connectivity index (χ2v) is 5.39. The molecule has 0 aromatic rings. The lowest BCUT2D eigenvalue weighted by molar-refractivity contribution is -0.159. The van der Waals surface area contributed by atoms with Gasteiger partial charge >= 0.3 is 12.1 Å². The van der Waals surface area contributed by atoms with Gasteiger partial charge in [-0.2, -0.15) is 13.2 Å². The lowest BCUT2D eigenvalue weighted by Gasteiger charge is -2.34. The minimum absolute atomic E-state index is 0.0155. The van der Waals surface area contributed by atoms with Crippen LogP contribution in [0.3, 0.4) is 0 Å². The molecule has 1 aliphatic rings. The van der Waals surface area contributed by atoms with Gasteiger partial charge in [0.1, 0.15) is 5.54 Å². The Balaban J connectivity index is 2.73. The van der Waals surface area contributed by atoms with Crippen molar-refractivity contribution < 1.29 is 22.7 Å². The van der Waals surface area contributed by atoms with E-state index < -0.39 is 24.2 Å².